The van der Waals surface area contributed by atoms with E-state index in [4.69, 9.17) is 5.73 Å². The second kappa shape index (κ2) is 6.28. The zero-order chi connectivity index (χ0) is 13.9. The molecule has 1 aromatic rings. The first kappa shape index (κ1) is 14.1. The first-order valence-electron chi connectivity index (χ1n) is 8.34. The van der Waals surface area contributed by atoms with Crippen molar-refractivity contribution in [3.05, 3.63) is 35.4 Å². The highest BCUT2D eigenvalue weighted by Crippen LogP contribution is 2.40. The molecule has 0 amide bonds. The fourth-order valence-electron chi connectivity index (χ4n) is 3.83. The molecular weight excluding hydrogens is 244 g/mol. The molecule has 0 saturated heterocycles. The second-order valence-corrected chi connectivity index (χ2v) is 6.58. The van der Waals surface area contributed by atoms with Gasteiger partial charge in [-0.2, -0.15) is 0 Å². The van der Waals surface area contributed by atoms with Crippen molar-refractivity contribution in [2.24, 2.45) is 11.7 Å². The van der Waals surface area contributed by atoms with Gasteiger partial charge in [-0.25, -0.2) is 0 Å². The minimum Gasteiger partial charge on any atom is -0.330 e. The summed E-state index contributed by atoms with van der Waals surface area (Å²) >= 11 is 0. The molecule has 2 heteroatoms. The minimum absolute atomic E-state index is 0.703. The SMILES string of the molecule is CCN(Cc1cccc(C2CC2)c1)C1CCCC1CN. The van der Waals surface area contributed by atoms with Crippen LogP contribution in [0.2, 0.25) is 0 Å². The number of hydrogen-bond acceptors (Lipinski definition) is 2. The maximum atomic E-state index is 5.96. The van der Waals surface area contributed by atoms with Crippen LogP contribution in [0.5, 0.6) is 0 Å². The van der Waals surface area contributed by atoms with Crippen LogP contribution >= 0.6 is 0 Å². The summed E-state index contributed by atoms with van der Waals surface area (Å²) in [7, 11) is 0. The Kier molecular flexibility index (Phi) is 4.42. The zero-order valence-corrected chi connectivity index (χ0v) is 12.7. The first-order chi connectivity index (χ1) is 9.81. The Balaban J connectivity index is 1.69. The maximum absolute atomic E-state index is 5.96. The van der Waals surface area contributed by atoms with Gasteiger partial charge in [0.1, 0.15) is 0 Å². The predicted molar refractivity (Wildman–Crippen MR) is 84.7 cm³/mol. The van der Waals surface area contributed by atoms with Crippen LogP contribution in [0.4, 0.5) is 0 Å². The van der Waals surface area contributed by atoms with Crippen molar-refractivity contribution >= 4 is 0 Å². The van der Waals surface area contributed by atoms with Crippen molar-refractivity contribution in [3.8, 4) is 0 Å². The van der Waals surface area contributed by atoms with Crippen LogP contribution in [-0.4, -0.2) is 24.0 Å². The Bertz CT molecular complexity index is 439. The number of nitrogens with two attached hydrogens (primary N) is 1. The molecule has 0 heterocycles. The molecule has 0 spiro atoms. The van der Waals surface area contributed by atoms with E-state index in [-0.39, 0.29) is 0 Å². The largest absolute Gasteiger partial charge is 0.330 e. The van der Waals surface area contributed by atoms with Gasteiger partial charge in [0.05, 0.1) is 0 Å². The second-order valence-electron chi connectivity index (χ2n) is 6.58. The van der Waals surface area contributed by atoms with E-state index in [9.17, 15) is 0 Å². The molecule has 0 bridgehead atoms. The molecule has 0 aliphatic heterocycles. The maximum Gasteiger partial charge on any atom is 0.0236 e. The summed E-state index contributed by atoms with van der Waals surface area (Å²) in [6.07, 6.45) is 6.78. The van der Waals surface area contributed by atoms with Gasteiger partial charge < -0.3 is 5.73 Å². The molecule has 2 nitrogen and oxygen atoms in total. The summed E-state index contributed by atoms with van der Waals surface area (Å²) in [5.41, 5.74) is 9.00. The van der Waals surface area contributed by atoms with Crippen LogP contribution in [0.15, 0.2) is 24.3 Å². The van der Waals surface area contributed by atoms with Crippen LogP contribution in [-0.2, 0) is 6.54 Å². The van der Waals surface area contributed by atoms with E-state index in [1.54, 1.807) is 5.56 Å². The Morgan fingerprint density at radius 3 is 2.75 bits per heavy atom. The first-order valence-corrected chi connectivity index (χ1v) is 8.34. The van der Waals surface area contributed by atoms with Crippen molar-refractivity contribution in [2.75, 3.05) is 13.1 Å². The average Bonchev–Trinajstić information content (AvgIpc) is 3.23. The topological polar surface area (TPSA) is 29.3 Å². The van der Waals surface area contributed by atoms with E-state index in [0.717, 1.165) is 25.6 Å². The lowest BCUT2D eigenvalue weighted by atomic mass is 10.0. The van der Waals surface area contributed by atoms with E-state index in [1.165, 1.54) is 37.7 Å². The molecule has 2 saturated carbocycles. The predicted octanol–water partition coefficient (Wildman–Crippen LogP) is 3.51. The minimum atomic E-state index is 0.703. The molecule has 2 N–H and O–H groups in total. The van der Waals surface area contributed by atoms with Crippen molar-refractivity contribution in [1.29, 1.82) is 0 Å². The van der Waals surface area contributed by atoms with Gasteiger partial charge in [-0.05, 0) is 61.7 Å². The van der Waals surface area contributed by atoms with Crippen molar-refractivity contribution < 1.29 is 0 Å². The molecule has 2 unspecified atom stereocenters. The smallest absolute Gasteiger partial charge is 0.0236 e. The van der Waals surface area contributed by atoms with Gasteiger partial charge in [-0.1, -0.05) is 37.6 Å². The zero-order valence-electron chi connectivity index (χ0n) is 12.7. The lowest BCUT2D eigenvalue weighted by Gasteiger charge is -2.32. The van der Waals surface area contributed by atoms with E-state index < -0.39 is 0 Å². The van der Waals surface area contributed by atoms with E-state index in [0.29, 0.717) is 12.0 Å². The number of benzene rings is 1. The summed E-state index contributed by atoms with van der Waals surface area (Å²) in [6.45, 7) is 5.37. The lowest BCUT2D eigenvalue weighted by Crippen LogP contribution is -2.39. The average molecular weight is 272 g/mol. The Morgan fingerprint density at radius 2 is 2.05 bits per heavy atom. The highest BCUT2D eigenvalue weighted by Gasteiger charge is 2.30. The lowest BCUT2D eigenvalue weighted by molar-refractivity contribution is 0.162. The molecule has 2 aliphatic carbocycles. The molecule has 0 aromatic heterocycles. The number of rotatable bonds is 6. The molecule has 2 atom stereocenters. The third-order valence-corrected chi connectivity index (χ3v) is 5.18. The molecule has 3 rings (SSSR count). The van der Waals surface area contributed by atoms with Gasteiger partial charge >= 0.3 is 0 Å². The number of hydrogen-bond donors (Lipinski definition) is 1. The third-order valence-electron chi connectivity index (χ3n) is 5.18. The summed E-state index contributed by atoms with van der Waals surface area (Å²) in [4.78, 5) is 2.65. The molecular formula is C18H28N2. The normalized spacial score (nSPS) is 26.4. The Labute approximate surface area is 123 Å². The van der Waals surface area contributed by atoms with Gasteiger partial charge in [0.15, 0.2) is 0 Å². The highest BCUT2D eigenvalue weighted by molar-refractivity contribution is 5.29. The van der Waals surface area contributed by atoms with Crippen LogP contribution in [0.25, 0.3) is 0 Å². The summed E-state index contributed by atoms with van der Waals surface area (Å²) in [5.74, 6) is 1.56. The molecule has 110 valence electrons. The van der Waals surface area contributed by atoms with E-state index in [1.807, 2.05) is 0 Å². The molecule has 2 fully saturated rings. The van der Waals surface area contributed by atoms with Gasteiger partial charge in [0.25, 0.3) is 0 Å². The van der Waals surface area contributed by atoms with Crippen LogP contribution in [0, 0.1) is 5.92 Å². The fraction of sp³-hybridized carbons (Fsp3) is 0.667. The van der Waals surface area contributed by atoms with Gasteiger partial charge in [-0.3, -0.25) is 4.90 Å². The monoisotopic (exact) mass is 272 g/mol. The Morgan fingerprint density at radius 1 is 1.20 bits per heavy atom. The standard InChI is InChI=1S/C18H28N2/c1-2-20(18-8-4-7-17(18)12-19)13-14-5-3-6-16(11-14)15-9-10-15/h3,5-6,11,15,17-18H,2,4,7-10,12-13,19H2,1H3. The molecule has 1 aromatic carbocycles. The van der Waals surface area contributed by atoms with Crippen LogP contribution in [0.1, 0.15) is 56.1 Å². The quantitative estimate of drug-likeness (QED) is 0.858. The molecule has 0 radical (unpaired) electrons. The summed E-state index contributed by atoms with van der Waals surface area (Å²) < 4.78 is 0. The summed E-state index contributed by atoms with van der Waals surface area (Å²) in [6, 6.07) is 9.98. The van der Waals surface area contributed by atoms with Gasteiger partial charge in [-0.15, -0.1) is 0 Å². The number of nitrogens with zero attached hydrogens (tertiary/aromatic N) is 1. The fourth-order valence-corrected chi connectivity index (χ4v) is 3.83. The van der Waals surface area contributed by atoms with Crippen LogP contribution < -0.4 is 5.73 Å². The molecule has 2 aliphatic rings. The van der Waals surface area contributed by atoms with Crippen LogP contribution in [0.3, 0.4) is 0 Å². The van der Waals surface area contributed by atoms with Crippen molar-refractivity contribution in [3.63, 3.8) is 0 Å². The van der Waals surface area contributed by atoms with E-state index in [2.05, 4.69) is 36.1 Å². The summed E-state index contributed by atoms with van der Waals surface area (Å²) in [5, 5.41) is 0. The van der Waals surface area contributed by atoms with Crippen molar-refractivity contribution in [2.45, 2.75) is 57.5 Å². The molecule has 20 heavy (non-hydrogen) atoms. The van der Waals surface area contributed by atoms with Crippen molar-refractivity contribution in [1.82, 2.24) is 4.90 Å². The Hall–Kier alpha value is -0.860. The van der Waals surface area contributed by atoms with Gasteiger partial charge in [0, 0.05) is 12.6 Å². The van der Waals surface area contributed by atoms with E-state index >= 15 is 0 Å². The highest BCUT2D eigenvalue weighted by atomic mass is 15.2. The van der Waals surface area contributed by atoms with Gasteiger partial charge in [0.2, 0.25) is 0 Å². The third kappa shape index (κ3) is 3.07.